The summed E-state index contributed by atoms with van der Waals surface area (Å²) in [6.07, 6.45) is -0.587. The maximum atomic E-state index is 12.4. The minimum absolute atomic E-state index is 0.0991. The Balaban J connectivity index is 1.73. The fraction of sp³-hybridized carbons (Fsp3) is 0.550. The molecule has 29 heavy (non-hydrogen) atoms. The van der Waals surface area contributed by atoms with E-state index in [9.17, 15) is 14.4 Å². The van der Waals surface area contributed by atoms with Gasteiger partial charge in [0.2, 0.25) is 11.8 Å². The lowest BCUT2D eigenvalue weighted by atomic mass is 10.2. The molecule has 0 unspecified atom stereocenters. The summed E-state index contributed by atoms with van der Waals surface area (Å²) in [6.45, 7) is 7.51. The molecule has 0 atom stereocenters. The number of amides is 3. The number of rotatable bonds is 5. The van der Waals surface area contributed by atoms with Gasteiger partial charge < -0.3 is 24.8 Å². The number of halogens is 1. The first-order valence-corrected chi connectivity index (χ1v) is 9.92. The summed E-state index contributed by atoms with van der Waals surface area (Å²) in [5.41, 5.74) is 0.397. The zero-order chi connectivity index (χ0) is 21.6. The molecule has 0 spiro atoms. The van der Waals surface area contributed by atoms with E-state index >= 15 is 0 Å². The van der Waals surface area contributed by atoms with Crippen LogP contribution in [0.15, 0.2) is 24.3 Å². The molecule has 9 heteroatoms. The zero-order valence-corrected chi connectivity index (χ0v) is 18.2. The number of benzene rings is 1. The Morgan fingerprint density at radius 1 is 1.17 bits per heavy atom. The quantitative estimate of drug-likeness (QED) is 0.781. The highest BCUT2D eigenvalue weighted by atomic mass is 35.5. The summed E-state index contributed by atoms with van der Waals surface area (Å²) in [7, 11) is 1.48. The molecule has 0 saturated carbocycles. The van der Waals surface area contributed by atoms with E-state index in [0.29, 0.717) is 31.2 Å². The second-order valence-corrected chi connectivity index (χ2v) is 8.40. The number of hydrogen-bond donors (Lipinski definition) is 1. The van der Waals surface area contributed by atoms with Crippen LogP contribution in [-0.4, -0.2) is 79.6 Å². The first-order chi connectivity index (χ1) is 13.5. The van der Waals surface area contributed by atoms with Crippen molar-refractivity contribution in [1.82, 2.24) is 15.1 Å². The van der Waals surface area contributed by atoms with Gasteiger partial charge in [-0.2, -0.15) is 0 Å². The third-order valence-corrected chi connectivity index (χ3v) is 4.56. The number of nitrogens with zero attached hydrogens (tertiary/aromatic N) is 3. The topological polar surface area (TPSA) is 82.2 Å². The molecule has 1 heterocycles. The van der Waals surface area contributed by atoms with Crippen molar-refractivity contribution in [3.05, 3.63) is 29.3 Å². The van der Waals surface area contributed by atoms with Gasteiger partial charge in [-0.05, 0) is 39.0 Å². The lowest BCUT2D eigenvalue weighted by Gasteiger charge is -2.36. The molecular formula is C20H29ClN4O4. The van der Waals surface area contributed by atoms with E-state index < -0.39 is 17.6 Å². The average molecular weight is 425 g/mol. The van der Waals surface area contributed by atoms with Crippen LogP contribution in [0.1, 0.15) is 20.8 Å². The number of nitrogens with one attached hydrogen (secondary N) is 1. The number of piperazine rings is 1. The Morgan fingerprint density at radius 3 is 2.41 bits per heavy atom. The Bertz CT molecular complexity index is 742. The second kappa shape index (κ2) is 9.82. The molecule has 8 nitrogen and oxygen atoms in total. The number of ether oxygens (including phenoxy) is 1. The van der Waals surface area contributed by atoms with Gasteiger partial charge in [-0.1, -0.05) is 17.7 Å². The van der Waals surface area contributed by atoms with Crippen molar-refractivity contribution in [3.8, 4) is 0 Å². The lowest BCUT2D eigenvalue weighted by molar-refractivity contribution is -0.133. The normalized spacial score (nSPS) is 14.4. The van der Waals surface area contributed by atoms with Crippen LogP contribution in [0.3, 0.4) is 0 Å². The van der Waals surface area contributed by atoms with Crippen LogP contribution in [0.5, 0.6) is 0 Å². The maximum absolute atomic E-state index is 12.4. The van der Waals surface area contributed by atoms with Crippen molar-refractivity contribution >= 4 is 35.2 Å². The largest absolute Gasteiger partial charge is 0.444 e. The molecule has 1 aromatic rings. The van der Waals surface area contributed by atoms with E-state index in [1.54, 1.807) is 25.7 Å². The van der Waals surface area contributed by atoms with Crippen LogP contribution in [0.4, 0.5) is 10.5 Å². The summed E-state index contributed by atoms with van der Waals surface area (Å²) >= 11 is 6.04. The van der Waals surface area contributed by atoms with Gasteiger partial charge in [0.05, 0.1) is 6.54 Å². The van der Waals surface area contributed by atoms with Crippen molar-refractivity contribution in [1.29, 1.82) is 0 Å². The molecule has 1 aliphatic heterocycles. The van der Waals surface area contributed by atoms with Crippen molar-refractivity contribution in [2.24, 2.45) is 0 Å². The molecule has 0 aromatic heterocycles. The SMILES string of the molecule is CN(CC(=O)NCC(=O)N1CCN(c2cccc(Cl)c2)CC1)C(=O)OC(C)(C)C. The van der Waals surface area contributed by atoms with Crippen LogP contribution in [0, 0.1) is 0 Å². The summed E-state index contributed by atoms with van der Waals surface area (Å²) in [5.74, 6) is -0.562. The van der Waals surface area contributed by atoms with Gasteiger partial charge in [0, 0.05) is 43.9 Å². The molecular weight excluding hydrogens is 396 g/mol. The van der Waals surface area contributed by atoms with Gasteiger partial charge in [0.25, 0.3) is 0 Å². The second-order valence-electron chi connectivity index (χ2n) is 7.96. The molecule has 1 aliphatic rings. The molecule has 1 aromatic carbocycles. The highest BCUT2D eigenvalue weighted by Gasteiger charge is 2.23. The van der Waals surface area contributed by atoms with Gasteiger partial charge in [-0.3, -0.25) is 9.59 Å². The van der Waals surface area contributed by atoms with Crippen LogP contribution in [0.25, 0.3) is 0 Å². The number of carbonyl (C=O) groups is 3. The number of hydrogen-bond acceptors (Lipinski definition) is 5. The summed E-state index contributed by atoms with van der Waals surface area (Å²) in [4.78, 5) is 41.4. The summed E-state index contributed by atoms with van der Waals surface area (Å²) in [6, 6.07) is 7.62. The third kappa shape index (κ3) is 7.45. The number of anilines is 1. The standard InChI is InChI=1S/C20H29ClN4O4/c1-20(2,3)29-19(28)23(4)14-17(26)22-13-18(27)25-10-8-24(9-11-25)16-7-5-6-15(21)12-16/h5-7,12H,8-11,13-14H2,1-4H3,(H,22,26). The van der Waals surface area contributed by atoms with E-state index in [-0.39, 0.29) is 19.0 Å². The third-order valence-electron chi connectivity index (χ3n) is 4.33. The first kappa shape index (κ1) is 22.8. The molecule has 1 saturated heterocycles. The van der Waals surface area contributed by atoms with E-state index in [1.807, 2.05) is 24.3 Å². The lowest BCUT2D eigenvalue weighted by Crippen LogP contribution is -2.52. The predicted octanol–water partition coefficient (Wildman–Crippen LogP) is 1.97. The van der Waals surface area contributed by atoms with Gasteiger partial charge >= 0.3 is 6.09 Å². The van der Waals surface area contributed by atoms with Gasteiger partial charge in [-0.25, -0.2) is 4.79 Å². The number of carbonyl (C=O) groups excluding carboxylic acids is 3. The zero-order valence-electron chi connectivity index (χ0n) is 17.4. The van der Waals surface area contributed by atoms with Gasteiger partial charge in [-0.15, -0.1) is 0 Å². The molecule has 2 rings (SSSR count). The maximum Gasteiger partial charge on any atom is 0.410 e. The number of likely N-dealkylation sites (N-methyl/N-ethyl adjacent to an activating group) is 1. The van der Waals surface area contributed by atoms with Gasteiger partial charge in [0.15, 0.2) is 0 Å². The monoisotopic (exact) mass is 424 g/mol. The van der Waals surface area contributed by atoms with Crippen molar-refractivity contribution in [2.75, 3.05) is 51.2 Å². The van der Waals surface area contributed by atoms with Crippen molar-refractivity contribution in [3.63, 3.8) is 0 Å². The van der Waals surface area contributed by atoms with E-state index in [0.717, 1.165) is 5.69 Å². The molecule has 3 amide bonds. The minimum atomic E-state index is -0.634. The highest BCUT2D eigenvalue weighted by molar-refractivity contribution is 6.30. The fourth-order valence-corrected chi connectivity index (χ4v) is 3.03. The molecule has 0 radical (unpaired) electrons. The van der Waals surface area contributed by atoms with Crippen LogP contribution in [-0.2, 0) is 14.3 Å². The Hall–Kier alpha value is -2.48. The highest BCUT2D eigenvalue weighted by Crippen LogP contribution is 2.20. The van der Waals surface area contributed by atoms with E-state index in [2.05, 4.69) is 10.2 Å². The van der Waals surface area contributed by atoms with Crippen molar-refractivity contribution < 1.29 is 19.1 Å². The van der Waals surface area contributed by atoms with Crippen LogP contribution >= 0.6 is 11.6 Å². The molecule has 0 aliphatic carbocycles. The van der Waals surface area contributed by atoms with Crippen molar-refractivity contribution in [2.45, 2.75) is 26.4 Å². The molecule has 160 valence electrons. The summed E-state index contributed by atoms with van der Waals surface area (Å²) in [5, 5.41) is 3.25. The Labute approximate surface area is 176 Å². The summed E-state index contributed by atoms with van der Waals surface area (Å²) < 4.78 is 5.19. The predicted molar refractivity (Wildman–Crippen MR) is 112 cm³/mol. The fourth-order valence-electron chi connectivity index (χ4n) is 2.85. The molecule has 1 fully saturated rings. The Morgan fingerprint density at radius 2 is 1.83 bits per heavy atom. The minimum Gasteiger partial charge on any atom is -0.444 e. The van der Waals surface area contributed by atoms with Crippen LogP contribution in [0.2, 0.25) is 5.02 Å². The smallest absolute Gasteiger partial charge is 0.410 e. The van der Waals surface area contributed by atoms with Gasteiger partial charge in [0.1, 0.15) is 12.1 Å². The average Bonchev–Trinajstić information content (AvgIpc) is 2.65. The Kier molecular flexibility index (Phi) is 7.73. The van der Waals surface area contributed by atoms with Crippen LogP contribution < -0.4 is 10.2 Å². The van der Waals surface area contributed by atoms with E-state index in [1.165, 1.54) is 11.9 Å². The first-order valence-electron chi connectivity index (χ1n) is 9.54. The van der Waals surface area contributed by atoms with E-state index in [4.69, 9.17) is 16.3 Å². The molecule has 1 N–H and O–H groups in total. The molecule has 0 bridgehead atoms.